The minimum Gasteiger partial charge on any atom is -0.309 e. The van der Waals surface area contributed by atoms with Crippen molar-refractivity contribution in [1.29, 1.82) is 0 Å². The molecule has 3 heterocycles. The van der Waals surface area contributed by atoms with E-state index in [-0.39, 0.29) is 0 Å². The molecule has 0 saturated carbocycles. The Labute approximate surface area is 296 Å². The highest BCUT2D eigenvalue weighted by Crippen LogP contribution is 2.48. The van der Waals surface area contributed by atoms with Crippen molar-refractivity contribution in [2.24, 2.45) is 0 Å². The molecule has 0 radical (unpaired) electrons. The van der Waals surface area contributed by atoms with Crippen molar-refractivity contribution in [3.63, 3.8) is 0 Å². The molecule has 0 amide bonds. The van der Waals surface area contributed by atoms with Gasteiger partial charge < -0.3 is 9.47 Å². The maximum atomic E-state index is 2.51. The minimum atomic E-state index is 1.15. The predicted molar refractivity (Wildman–Crippen MR) is 219 cm³/mol. The van der Waals surface area contributed by atoms with Gasteiger partial charge in [0.2, 0.25) is 0 Å². The quantitative estimate of drug-likeness (QED) is 0.181. The van der Waals surface area contributed by atoms with Crippen molar-refractivity contribution in [2.75, 3.05) is 4.90 Å². The molecule has 3 aromatic heterocycles. The fraction of sp³-hybridized carbons (Fsp3) is 0. The number of hydrogen-bond acceptors (Lipinski definition) is 3. The van der Waals surface area contributed by atoms with Gasteiger partial charge in [0.15, 0.2) is 0 Å². The van der Waals surface area contributed by atoms with Gasteiger partial charge in [0.1, 0.15) is 0 Å². The van der Waals surface area contributed by atoms with Gasteiger partial charge >= 0.3 is 0 Å². The smallest absolute Gasteiger partial charge is 0.0562 e. The molecule has 0 spiro atoms. The number of nitrogens with zero attached hydrogens (tertiary/aromatic N) is 2. The van der Waals surface area contributed by atoms with E-state index in [2.05, 4.69) is 179 Å². The van der Waals surface area contributed by atoms with Crippen LogP contribution in [0.1, 0.15) is 0 Å². The van der Waals surface area contributed by atoms with Crippen molar-refractivity contribution < 1.29 is 0 Å². The molecule has 0 aliphatic rings. The van der Waals surface area contributed by atoms with Gasteiger partial charge in [-0.05, 0) is 60.7 Å². The lowest BCUT2D eigenvalue weighted by atomic mass is 10.0. The Balaban J connectivity index is 1.25. The lowest BCUT2D eigenvalue weighted by Gasteiger charge is -2.28. The van der Waals surface area contributed by atoms with Gasteiger partial charge in [-0.3, -0.25) is 0 Å². The number of anilines is 3. The van der Waals surface area contributed by atoms with Gasteiger partial charge in [-0.25, -0.2) is 0 Å². The molecular formula is C46H28N2S2. The van der Waals surface area contributed by atoms with Crippen molar-refractivity contribution in [3.8, 4) is 5.69 Å². The summed E-state index contributed by atoms with van der Waals surface area (Å²) in [6.07, 6.45) is 0. The Morgan fingerprint density at radius 3 is 1.82 bits per heavy atom. The molecule has 0 N–H and O–H groups in total. The largest absolute Gasteiger partial charge is 0.309 e. The molecular weight excluding hydrogens is 645 g/mol. The normalized spacial score (nSPS) is 12.0. The van der Waals surface area contributed by atoms with Crippen LogP contribution >= 0.6 is 22.7 Å². The highest BCUT2D eigenvalue weighted by molar-refractivity contribution is 7.26. The third kappa shape index (κ3) is 4.01. The topological polar surface area (TPSA) is 8.17 Å². The second-order valence-electron chi connectivity index (χ2n) is 12.9. The number of fused-ring (bicyclic) bond motifs is 11. The highest BCUT2D eigenvalue weighted by atomic mass is 32.1. The molecule has 0 atom stereocenters. The Hall–Kier alpha value is -5.94. The summed E-state index contributed by atoms with van der Waals surface area (Å²) >= 11 is 3.76. The SMILES string of the molecule is c1ccc(-n2c3ccccc3c3c(N(c4ccc5c(c4)sc4ccccc45)c4cccc5c4ccc4c6ccccc6sc54)cccc32)cc1. The van der Waals surface area contributed by atoms with E-state index >= 15 is 0 Å². The lowest BCUT2D eigenvalue weighted by molar-refractivity contribution is 1.18. The second-order valence-corrected chi connectivity index (χ2v) is 15.0. The molecule has 0 saturated heterocycles. The average molecular weight is 673 g/mol. The van der Waals surface area contributed by atoms with E-state index in [0.29, 0.717) is 0 Å². The van der Waals surface area contributed by atoms with Gasteiger partial charge in [-0.2, -0.15) is 0 Å². The lowest BCUT2D eigenvalue weighted by Crippen LogP contribution is -2.11. The van der Waals surface area contributed by atoms with Gasteiger partial charge in [0.25, 0.3) is 0 Å². The van der Waals surface area contributed by atoms with E-state index < -0.39 is 0 Å². The van der Waals surface area contributed by atoms with Crippen LogP contribution < -0.4 is 4.90 Å². The van der Waals surface area contributed by atoms with Crippen LogP contribution in [-0.4, -0.2) is 4.57 Å². The summed E-state index contributed by atoms with van der Waals surface area (Å²) in [5.74, 6) is 0. The Bertz CT molecular complexity index is 3110. The summed E-state index contributed by atoms with van der Waals surface area (Å²) in [4.78, 5) is 2.51. The summed E-state index contributed by atoms with van der Waals surface area (Å²) in [7, 11) is 0. The van der Waals surface area contributed by atoms with E-state index in [1.165, 1.54) is 78.6 Å². The van der Waals surface area contributed by atoms with Crippen LogP contribution in [0.5, 0.6) is 0 Å². The van der Waals surface area contributed by atoms with Crippen LogP contribution in [0.4, 0.5) is 17.1 Å². The monoisotopic (exact) mass is 672 g/mol. The summed E-state index contributed by atoms with van der Waals surface area (Å²) in [6.45, 7) is 0. The molecule has 0 unspecified atom stereocenters. The molecule has 8 aromatic carbocycles. The zero-order valence-electron chi connectivity index (χ0n) is 26.9. The number of rotatable bonds is 4. The van der Waals surface area contributed by atoms with Gasteiger partial charge in [0.05, 0.1) is 22.4 Å². The molecule has 11 aromatic rings. The molecule has 0 fully saturated rings. The first kappa shape index (κ1) is 28.0. The summed E-state index contributed by atoms with van der Waals surface area (Å²) in [5.41, 5.74) is 7.04. The van der Waals surface area contributed by atoms with Crippen LogP contribution in [-0.2, 0) is 0 Å². The third-order valence-corrected chi connectivity index (χ3v) is 12.5. The summed E-state index contributed by atoms with van der Waals surface area (Å²) in [5, 5.41) is 10.3. The minimum absolute atomic E-state index is 1.15. The van der Waals surface area contributed by atoms with Crippen molar-refractivity contribution in [3.05, 3.63) is 170 Å². The standard InChI is InChI=1S/C46H28N2S2/c1-2-12-29(13-3-1)47-39-18-7-4-16-37(39)45-40(47)20-11-21-41(45)48(30-24-25-34-32-14-5-8-22-42(32)49-44(34)28-30)38-19-10-17-35-31(38)26-27-36-33-15-6-9-23-43(33)50-46(35)36/h1-28H. The molecule has 0 bridgehead atoms. The van der Waals surface area contributed by atoms with Crippen LogP contribution in [0.15, 0.2) is 170 Å². The van der Waals surface area contributed by atoms with E-state index in [9.17, 15) is 0 Å². The van der Waals surface area contributed by atoms with E-state index in [4.69, 9.17) is 0 Å². The van der Waals surface area contributed by atoms with E-state index in [1.54, 1.807) is 0 Å². The number of hydrogen-bond donors (Lipinski definition) is 0. The molecule has 0 aliphatic heterocycles. The second kappa shape index (κ2) is 10.8. The fourth-order valence-electron chi connectivity index (χ4n) is 8.02. The number of para-hydroxylation sites is 2. The predicted octanol–water partition coefficient (Wildman–Crippen LogP) is 14.1. The van der Waals surface area contributed by atoms with E-state index in [0.717, 1.165) is 17.1 Å². The molecule has 11 rings (SSSR count). The Kier molecular flexibility index (Phi) is 6.03. The van der Waals surface area contributed by atoms with Crippen LogP contribution in [0.25, 0.3) is 78.6 Å². The fourth-order valence-corrected chi connectivity index (χ4v) is 10.4. The van der Waals surface area contributed by atoms with Crippen molar-refractivity contribution in [1.82, 2.24) is 4.57 Å². The van der Waals surface area contributed by atoms with E-state index in [1.807, 2.05) is 22.7 Å². The first-order valence-electron chi connectivity index (χ1n) is 16.9. The van der Waals surface area contributed by atoms with Crippen LogP contribution in [0.3, 0.4) is 0 Å². The molecule has 2 nitrogen and oxygen atoms in total. The van der Waals surface area contributed by atoms with Crippen LogP contribution in [0.2, 0.25) is 0 Å². The Morgan fingerprint density at radius 2 is 0.960 bits per heavy atom. The number of benzene rings is 8. The van der Waals surface area contributed by atoms with Gasteiger partial charge in [-0.1, -0.05) is 109 Å². The first-order chi connectivity index (χ1) is 24.8. The van der Waals surface area contributed by atoms with Gasteiger partial charge in [0, 0.05) is 73.3 Å². The summed E-state index contributed by atoms with van der Waals surface area (Å²) < 4.78 is 7.68. The maximum absolute atomic E-state index is 2.51. The highest BCUT2D eigenvalue weighted by Gasteiger charge is 2.23. The van der Waals surface area contributed by atoms with Crippen LogP contribution in [0, 0.1) is 0 Å². The molecule has 234 valence electrons. The molecule has 50 heavy (non-hydrogen) atoms. The zero-order valence-corrected chi connectivity index (χ0v) is 28.5. The maximum Gasteiger partial charge on any atom is 0.0562 e. The third-order valence-electron chi connectivity index (χ3n) is 10.2. The Morgan fingerprint density at radius 1 is 0.380 bits per heavy atom. The summed E-state index contributed by atoms with van der Waals surface area (Å²) in [6, 6.07) is 62.4. The molecule has 0 aliphatic carbocycles. The van der Waals surface area contributed by atoms with Crippen molar-refractivity contribution >= 4 is 113 Å². The first-order valence-corrected chi connectivity index (χ1v) is 18.6. The number of aromatic nitrogens is 1. The molecule has 4 heteroatoms. The number of thiophene rings is 2. The average Bonchev–Trinajstić information content (AvgIpc) is 3.85. The van der Waals surface area contributed by atoms with Crippen molar-refractivity contribution in [2.45, 2.75) is 0 Å². The zero-order chi connectivity index (χ0) is 32.8. The van der Waals surface area contributed by atoms with Gasteiger partial charge in [-0.15, -0.1) is 22.7 Å².